The molecule has 0 radical (unpaired) electrons. The van der Waals surface area contributed by atoms with Crippen molar-refractivity contribution in [1.29, 1.82) is 0 Å². The largest absolute Gasteiger partial charge is 0.458 e. The van der Waals surface area contributed by atoms with Gasteiger partial charge in [-0.3, -0.25) is 0 Å². The van der Waals surface area contributed by atoms with Gasteiger partial charge in [-0.2, -0.15) is 0 Å². The molecule has 0 saturated carbocycles. The number of nitrogens with two attached hydrogens (primary N) is 1. The first-order valence-corrected chi connectivity index (χ1v) is 7.08. The molecule has 0 aromatic carbocycles. The molecule has 1 heterocycles. The predicted molar refractivity (Wildman–Crippen MR) is 77.3 cm³/mol. The Morgan fingerprint density at radius 1 is 1.47 bits per heavy atom. The Morgan fingerprint density at radius 2 is 2.21 bits per heavy atom. The van der Waals surface area contributed by atoms with E-state index in [1.807, 2.05) is 6.92 Å². The molecule has 4 nitrogen and oxygen atoms in total. The molecule has 0 spiro atoms. The van der Waals surface area contributed by atoms with Gasteiger partial charge in [0.2, 0.25) is 0 Å². The van der Waals surface area contributed by atoms with Crippen molar-refractivity contribution in [3.63, 3.8) is 0 Å². The van der Waals surface area contributed by atoms with Gasteiger partial charge in [0, 0.05) is 6.20 Å². The number of hydrogen-bond acceptors (Lipinski definition) is 4. The van der Waals surface area contributed by atoms with Crippen LogP contribution in [0.5, 0.6) is 0 Å². The Hall–Kier alpha value is -1.29. The number of rotatable bonds is 7. The van der Waals surface area contributed by atoms with Crippen LogP contribution in [0.25, 0.3) is 0 Å². The first-order chi connectivity index (χ1) is 9.10. The van der Waals surface area contributed by atoms with Crippen LogP contribution >= 0.6 is 11.6 Å². The van der Waals surface area contributed by atoms with Crippen LogP contribution in [0, 0.1) is 0 Å². The van der Waals surface area contributed by atoms with Crippen molar-refractivity contribution in [3.05, 3.63) is 23.0 Å². The molecule has 0 amide bonds. The standard InChI is InChI=1S/C14H21ClN2O2/c1-3-5-6-7-10(4-2)19-14(18)13-12(15)11(16)8-9-17-13/h8-10H,3-7H2,1-2H3,(H2,16,17). The first-order valence-electron chi connectivity index (χ1n) is 6.71. The molecule has 0 aliphatic rings. The number of unbranched alkanes of at least 4 members (excludes halogenated alkanes) is 2. The topological polar surface area (TPSA) is 65.2 Å². The summed E-state index contributed by atoms with van der Waals surface area (Å²) in [6, 6.07) is 1.55. The summed E-state index contributed by atoms with van der Waals surface area (Å²) >= 11 is 5.95. The molecule has 1 aromatic heterocycles. The van der Waals surface area contributed by atoms with E-state index < -0.39 is 5.97 Å². The molecule has 0 saturated heterocycles. The first kappa shape index (κ1) is 15.8. The minimum atomic E-state index is -0.499. The third kappa shape index (κ3) is 4.71. The van der Waals surface area contributed by atoms with Gasteiger partial charge >= 0.3 is 5.97 Å². The number of esters is 1. The van der Waals surface area contributed by atoms with Gasteiger partial charge in [-0.15, -0.1) is 0 Å². The average Bonchev–Trinajstić information content (AvgIpc) is 2.40. The third-order valence-electron chi connectivity index (χ3n) is 2.97. The van der Waals surface area contributed by atoms with Crippen LogP contribution in [0.2, 0.25) is 5.02 Å². The van der Waals surface area contributed by atoms with E-state index >= 15 is 0 Å². The fourth-order valence-electron chi connectivity index (χ4n) is 1.78. The molecular weight excluding hydrogens is 264 g/mol. The Balaban J connectivity index is 2.64. The molecule has 1 unspecified atom stereocenters. The minimum Gasteiger partial charge on any atom is -0.458 e. The van der Waals surface area contributed by atoms with E-state index in [9.17, 15) is 4.79 Å². The summed E-state index contributed by atoms with van der Waals surface area (Å²) < 4.78 is 5.43. The van der Waals surface area contributed by atoms with Crippen molar-refractivity contribution in [1.82, 2.24) is 4.98 Å². The Bertz CT molecular complexity index is 424. The number of ether oxygens (including phenoxy) is 1. The molecule has 5 heteroatoms. The summed E-state index contributed by atoms with van der Waals surface area (Å²) in [5.74, 6) is -0.499. The zero-order chi connectivity index (χ0) is 14.3. The molecule has 19 heavy (non-hydrogen) atoms. The van der Waals surface area contributed by atoms with Gasteiger partial charge in [0.25, 0.3) is 0 Å². The van der Waals surface area contributed by atoms with Gasteiger partial charge in [0.15, 0.2) is 5.69 Å². The number of aromatic nitrogens is 1. The number of anilines is 1. The van der Waals surface area contributed by atoms with E-state index in [0.717, 1.165) is 32.1 Å². The number of nitrogen functional groups attached to an aromatic ring is 1. The SMILES string of the molecule is CCCCCC(CC)OC(=O)c1nccc(N)c1Cl. The molecular formula is C14H21ClN2O2. The second kappa shape index (κ2) is 8.00. The molecule has 1 aromatic rings. The van der Waals surface area contributed by atoms with Crippen LogP contribution in [0.15, 0.2) is 12.3 Å². The van der Waals surface area contributed by atoms with E-state index in [2.05, 4.69) is 11.9 Å². The lowest BCUT2D eigenvalue weighted by Crippen LogP contribution is -2.19. The van der Waals surface area contributed by atoms with Crippen LogP contribution < -0.4 is 5.73 Å². The van der Waals surface area contributed by atoms with E-state index in [4.69, 9.17) is 22.1 Å². The summed E-state index contributed by atoms with van der Waals surface area (Å²) in [6.45, 7) is 4.14. The van der Waals surface area contributed by atoms with Crippen molar-refractivity contribution >= 4 is 23.3 Å². The van der Waals surface area contributed by atoms with Crippen LogP contribution in [-0.4, -0.2) is 17.1 Å². The van der Waals surface area contributed by atoms with Crippen molar-refractivity contribution < 1.29 is 9.53 Å². The molecule has 2 N–H and O–H groups in total. The maximum Gasteiger partial charge on any atom is 0.358 e. The fourth-order valence-corrected chi connectivity index (χ4v) is 1.97. The number of carbonyl (C=O) groups is 1. The van der Waals surface area contributed by atoms with Crippen molar-refractivity contribution in [2.24, 2.45) is 0 Å². The van der Waals surface area contributed by atoms with Crippen LogP contribution in [0.1, 0.15) is 56.4 Å². The third-order valence-corrected chi connectivity index (χ3v) is 3.37. The zero-order valence-corrected chi connectivity index (χ0v) is 12.2. The smallest absolute Gasteiger partial charge is 0.358 e. The summed E-state index contributed by atoms with van der Waals surface area (Å²) in [5, 5.41) is 0.163. The Morgan fingerprint density at radius 3 is 2.84 bits per heavy atom. The van der Waals surface area contributed by atoms with Gasteiger partial charge < -0.3 is 10.5 Å². The number of pyridine rings is 1. The summed E-state index contributed by atoms with van der Waals surface area (Å²) in [7, 11) is 0. The monoisotopic (exact) mass is 284 g/mol. The zero-order valence-electron chi connectivity index (χ0n) is 11.5. The highest BCUT2D eigenvalue weighted by atomic mass is 35.5. The van der Waals surface area contributed by atoms with Gasteiger partial charge in [-0.25, -0.2) is 9.78 Å². The van der Waals surface area contributed by atoms with Gasteiger partial charge in [-0.1, -0.05) is 38.3 Å². The summed E-state index contributed by atoms with van der Waals surface area (Å²) in [4.78, 5) is 15.9. The second-order valence-electron chi connectivity index (χ2n) is 4.49. The van der Waals surface area contributed by atoms with Crippen molar-refractivity contribution in [3.8, 4) is 0 Å². The highest BCUT2D eigenvalue weighted by molar-refractivity contribution is 6.35. The van der Waals surface area contributed by atoms with Gasteiger partial charge in [-0.05, 0) is 25.3 Å². The average molecular weight is 285 g/mol. The molecule has 106 valence electrons. The van der Waals surface area contributed by atoms with Crippen LogP contribution in [-0.2, 0) is 4.74 Å². The van der Waals surface area contributed by atoms with Crippen molar-refractivity contribution in [2.75, 3.05) is 5.73 Å². The lowest BCUT2D eigenvalue weighted by Gasteiger charge is -2.16. The molecule has 1 rings (SSSR count). The summed E-state index contributed by atoms with van der Waals surface area (Å²) in [6.07, 6.45) is 6.37. The van der Waals surface area contributed by atoms with E-state index in [-0.39, 0.29) is 16.8 Å². The fraction of sp³-hybridized carbons (Fsp3) is 0.571. The number of hydrogen-bond donors (Lipinski definition) is 1. The van der Waals surface area contributed by atoms with Crippen LogP contribution in [0.3, 0.4) is 0 Å². The van der Waals surface area contributed by atoms with Crippen LogP contribution in [0.4, 0.5) is 5.69 Å². The maximum atomic E-state index is 12.0. The van der Waals surface area contributed by atoms with E-state index in [1.54, 1.807) is 6.07 Å². The quantitative estimate of drug-likeness (QED) is 0.610. The van der Waals surface area contributed by atoms with Gasteiger partial charge in [0.1, 0.15) is 6.10 Å². The van der Waals surface area contributed by atoms with E-state index in [1.165, 1.54) is 6.20 Å². The minimum absolute atomic E-state index is 0.0849. The number of carbonyl (C=O) groups excluding carboxylic acids is 1. The predicted octanol–water partition coefficient (Wildman–Crippen LogP) is 3.83. The molecule has 0 aliphatic heterocycles. The highest BCUT2D eigenvalue weighted by Gasteiger charge is 2.19. The molecule has 0 bridgehead atoms. The molecule has 0 fully saturated rings. The molecule has 1 atom stereocenters. The lowest BCUT2D eigenvalue weighted by molar-refractivity contribution is 0.0260. The summed E-state index contributed by atoms with van der Waals surface area (Å²) in [5.41, 5.74) is 6.07. The molecule has 0 aliphatic carbocycles. The highest BCUT2D eigenvalue weighted by Crippen LogP contribution is 2.22. The maximum absolute atomic E-state index is 12.0. The van der Waals surface area contributed by atoms with E-state index in [0.29, 0.717) is 5.69 Å². The Labute approximate surface area is 119 Å². The lowest BCUT2D eigenvalue weighted by atomic mass is 10.1. The normalized spacial score (nSPS) is 12.2. The Kier molecular flexibility index (Phi) is 6.64. The van der Waals surface area contributed by atoms with Gasteiger partial charge in [0.05, 0.1) is 10.7 Å². The number of nitrogens with zero attached hydrogens (tertiary/aromatic N) is 1. The van der Waals surface area contributed by atoms with Crippen molar-refractivity contribution in [2.45, 2.75) is 52.1 Å². The number of halogens is 1. The second-order valence-corrected chi connectivity index (χ2v) is 4.87.